The van der Waals surface area contributed by atoms with Gasteiger partial charge in [0.2, 0.25) is 0 Å². The Morgan fingerprint density at radius 1 is 1.21 bits per heavy atom. The minimum atomic E-state index is -1.26. The van der Waals surface area contributed by atoms with Gasteiger partial charge in [0.15, 0.2) is 0 Å². The molecule has 0 spiro atoms. The standard InChI is InChI=1S/C18H19F2N3O/c1-2-14(18(24)17-12(19)4-3-5-13(17)20)21-9-11-6-7-15-16(8-11)23-10-22-15/h3-8,10,14,18,21,24H,2,9H2,1H3,(H,22,23). The monoisotopic (exact) mass is 331 g/mol. The van der Waals surface area contributed by atoms with Crippen LogP contribution < -0.4 is 5.32 Å². The zero-order chi connectivity index (χ0) is 17.1. The maximum Gasteiger partial charge on any atom is 0.132 e. The zero-order valence-corrected chi connectivity index (χ0v) is 13.3. The van der Waals surface area contributed by atoms with Crippen LogP contribution in [0.2, 0.25) is 0 Å². The molecule has 6 heteroatoms. The average molecular weight is 331 g/mol. The first-order valence-corrected chi connectivity index (χ1v) is 7.87. The van der Waals surface area contributed by atoms with E-state index >= 15 is 0 Å². The second kappa shape index (κ2) is 7.07. The number of H-pyrrole nitrogens is 1. The molecule has 3 N–H and O–H groups in total. The van der Waals surface area contributed by atoms with Gasteiger partial charge in [0.05, 0.1) is 29.0 Å². The van der Waals surface area contributed by atoms with Crippen molar-refractivity contribution < 1.29 is 13.9 Å². The van der Waals surface area contributed by atoms with Gasteiger partial charge in [-0.3, -0.25) is 0 Å². The Hall–Kier alpha value is -2.31. The predicted molar refractivity (Wildman–Crippen MR) is 88.3 cm³/mol. The van der Waals surface area contributed by atoms with Crippen molar-refractivity contribution in [2.75, 3.05) is 0 Å². The highest BCUT2D eigenvalue weighted by molar-refractivity contribution is 5.74. The molecule has 0 radical (unpaired) electrons. The van der Waals surface area contributed by atoms with Crippen molar-refractivity contribution in [2.24, 2.45) is 0 Å². The summed E-state index contributed by atoms with van der Waals surface area (Å²) >= 11 is 0. The number of aromatic amines is 1. The van der Waals surface area contributed by atoms with Crippen molar-refractivity contribution in [1.82, 2.24) is 15.3 Å². The smallest absolute Gasteiger partial charge is 0.132 e. The number of aliphatic hydroxyl groups is 1. The van der Waals surface area contributed by atoms with Gasteiger partial charge in [0.25, 0.3) is 0 Å². The van der Waals surface area contributed by atoms with Crippen LogP contribution in [-0.2, 0) is 6.54 Å². The Bertz CT molecular complexity index is 814. The van der Waals surface area contributed by atoms with Gasteiger partial charge < -0.3 is 15.4 Å². The number of hydrogen-bond acceptors (Lipinski definition) is 3. The van der Waals surface area contributed by atoms with E-state index in [2.05, 4.69) is 15.3 Å². The summed E-state index contributed by atoms with van der Waals surface area (Å²) in [6.45, 7) is 2.33. The summed E-state index contributed by atoms with van der Waals surface area (Å²) in [5.74, 6) is -1.47. The highest BCUT2D eigenvalue weighted by Crippen LogP contribution is 2.25. The molecule has 24 heavy (non-hydrogen) atoms. The second-order valence-corrected chi connectivity index (χ2v) is 5.73. The minimum Gasteiger partial charge on any atom is -0.387 e. The molecule has 2 unspecified atom stereocenters. The van der Waals surface area contributed by atoms with Crippen LogP contribution in [0.15, 0.2) is 42.7 Å². The van der Waals surface area contributed by atoms with Crippen LogP contribution in [0.25, 0.3) is 11.0 Å². The number of halogens is 2. The fourth-order valence-corrected chi connectivity index (χ4v) is 2.82. The molecular formula is C18H19F2N3O. The van der Waals surface area contributed by atoms with Gasteiger partial charge in [0.1, 0.15) is 11.6 Å². The molecule has 0 amide bonds. The van der Waals surface area contributed by atoms with Gasteiger partial charge in [-0.05, 0) is 36.2 Å². The zero-order valence-electron chi connectivity index (χ0n) is 13.3. The van der Waals surface area contributed by atoms with Gasteiger partial charge in [-0.25, -0.2) is 13.8 Å². The van der Waals surface area contributed by atoms with Gasteiger partial charge in [-0.2, -0.15) is 0 Å². The molecule has 0 aliphatic rings. The summed E-state index contributed by atoms with van der Waals surface area (Å²) in [5.41, 5.74) is 2.49. The molecule has 1 aromatic heterocycles. The molecule has 0 bridgehead atoms. The summed E-state index contributed by atoms with van der Waals surface area (Å²) in [7, 11) is 0. The number of fused-ring (bicyclic) bond motifs is 1. The lowest BCUT2D eigenvalue weighted by molar-refractivity contribution is 0.117. The average Bonchev–Trinajstić information content (AvgIpc) is 3.03. The number of imidazole rings is 1. The van der Waals surface area contributed by atoms with Crippen LogP contribution in [-0.4, -0.2) is 21.1 Å². The lowest BCUT2D eigenvalue weighted by Gasteiger charge is -2.24. The van der Waals surface area contributed by atoms with E-state index in [0.717, 1.165) is 28.7 Å². The molecule has 0 saturated heterocycles. The van der Waals surface area contributed by atoms with E-state index in [1.807, 2.05) is 25.1 Å². The van der Waals surface area contributed by atoms with E-state index in [1.165, 1.54) is 6.07 Å². The minimum absolute atomic E-state index is 0.291. The van der Waals surface area contributed by atoms with Gasteiger partial charge in [0, 0.05) is 12.6 Å². The van der Waals surface area contributed by atoms with Crippen LogP contribution in [0.4, 0.5) is 8.78 Å². The van der Waals surface area contributed by atoms with Gasteiger partial charge in [-0.1, -0.05) is 19.1 Å². The highest BCUT2D eigenvalue weighted by Gasteiger charge is 2.25. The summed E-state index contributed by atoms with van der Waals surface area (Å²) in [6, 6.07) is 8.91. The number of nitrogens with zero attached hydrogens (tertiary/aromatic N) is 1. The summed E-state index contributed by atoms with van der Waals surface area (Å²) < 4.78 is 27.7. The van der Waals surface area contributed by atoms with E-state index < -0.39 is 23.8 Å². The molecule has 0 fully saturated rings. The molecule has 126 valence electrons. The Morgan fingerprint density at radius 2 is 1.96 bits per heavy atom. The number of benzene rings is 2. The lowest BCUT2D eigenvalue weighted by atomic mass is 9.99. The molecule has 3 rings (SSSR count). The maximum absolute atomic E-state index is 13.9. The largest absolute Gasteiger partial charge is 0.387 e. The molecule has 0 aliphatic carbocycles. The third-order valence-corrected chi connectivity index (χ3v) is 4.17. The number of hydrogen-bond donors (Lipinski definition) is 3. The Morgan fingerprint density at radius 3 is 2.67 bits per heavy atom. The molecule has 3 aromatic rings. The first-order chi connectivity index (χ1) is 11.6. The van der Waals surface area contributed by atoms with E-state index in [1.54, 1.807) is 6.33 Å². The third-order valence-electron chi connectivity index (χ3n) is 4.17. The molecule has 0 aliphatic heterocycles. The lowest BCUT2D eigenvalue weighted by Crippen LogP contribution is -2.34. The number of rotatable bonds is 6. The van der Waals surface area contributed by atoms with E-state index in [0.29, 0.717) is 13.0 Å². The third kappa shape index (κ3) is 3.29. The Kier molecular flexibility index (Phi) is 4.87. The SMILES string of the molecule is CCC(NCc1ccc2nc[nH]c2c1)C(O)c1c(F)cccc1F. The molecule has 4 nitrogen and oxygen atoms in total. The van der Waals surface area contributed by atoms with Crippen LogP contribution in [0.1, 0.15) is 30.6 Å². The van der Waals surface area contributed by atoms with Crippen molar-refractivity contribution in [3.05, 3.63) is 65.5 Å². The topological polar surface area (TPSA) is 60.9 Å². The molecule has 1 heterocycles. The van der Waals surface area contributed by atoms with Crippen LogP contribution in [0.3, 0.4) is 0 Å². The normalized spacial score (nSPS) is 14.0. The number of aromatic nitrogens is 2. The van der Waals surface area contributed by atoms with Crippen molar-refractivity contribution in [2.45, 2.75) is 32.0 Å². The predicted octanol–water partition coefficient (Wildman–Crippen LogP) is 3.44. The van der Waals surface area contributed by atoms with Crippen molar-refractivity contribution >= 4 is 11.0 Å². The fraction of sp³-hybridized carbons (Fsp3) is 0.278. The fourth-order valence-electron chi connectivity index (χ4n) is 2.82. The van der Waals surface area contributed by atoms with E-state index in [4.69, 9.17) is 0 Å². The molecule has 2 atom stereocenters. The molecule has 0 saturated carbocycles. The highest BCUT2D eigenvalue weighted by atomic mass is 19.1. The first kappa shape index (κ1) is 16.5. The summed E-state index contributed by atoms with van der Waals surface area (Å²) in [4.78, 5) is 7.20. The van der Waals surface area contributed by atoms with Crippen molar-refractivity contribution in [3.63, 3.8) is 0 Å². The number of aliphatic hydroxyl groups excluding tert-OH is 1. The van der Waals surface area contributed by atoms with Crippen LogP contribution >= 0.6 is 0 Å². The van der Waals surface area contributed by atoms with Gasteiger partial charge >= 0.3 is 0 Å². The van der Waals surface area contributed by atoms with Crippen molar-refractivity contribution in [3.8, 4) is 0 Å². The van der Waals surface area contributed by atoms with Gasteiger partial charge in [-0.15, -0.1) is 0 Å². The van der Waals surface area contributed by atoms with Crippen molar-refractivity contribution in [1.29, 1.82) is 0 Å². The summed E-state index contributed by atoms with van der Waals surface area (Å²) in [6.07, 6.45) is 0.898. The second-order valence-electron chi connectivity index (χ2n) is 5.73. The van der Waals surface area contributed by atoms with E-state index in [9.17, 15) is 13.9 Å². The maximum atomic E-state index is 13.9. The van der Waals surface area contributed by atoms with Crippen LogP contribution in [0, 0.1) is 11.6 Å². The van der Waals surface area contributed by atoms with E-state index in [-0.39, 0.29) is 5.56 Å². The quantitative estimate of drug-likeness (QED) is 0.648. The number of nitrogens with one attached hydrogen (secondary N) is 2. The Labute approximate surface area is 138 Å². The van der Waals surface area contributed by atoms with Crippen LogP contribution in [0.5, 0.6) is 0 Å². The first-order valence-electron chi connectivity index (χ1n) is 7.87. The Balaban J connectivity index is 1.74. The molecular weight excluding hydrogens is 312 g/mol. The molecule has 2 aromatic carbocycles. The summed E-state index contributed by atoms with van der Waals surface area (Å²) in [5, 5.41) is 13.6.